The van der Waals surface area contributed by atoms with Gasteiger partial charge in [0.2, 0.25) is 0 Å². The summed E-state index contributed by atoms with van der Waals surface area (Å²) in [6.07, 6.45) is 6.04. The Morgan fingerprint density at radius 2 is 2.27 bits per heavy atom. The lowest BCUT2D eigenvalue weighted by Gasteiger charge is -1.80. The predicted molar refractivity (Wildman–Crippen MR) is 49.5 cm³/mol. The lowest BCUT2D eigenvalue weighted by atomic mass is 10.3. The summed E-state index contributed by atoms with van der Waals surface area (Å²) in [6.45, 7) is 7.99. The van der Waals surface area contributed by atoms with Gasteiger partial charge >= 0.3 is 0 Å². The van der Waals surface area contributed by atoms with Gasteiger partial charge in [-0.2, -0.15) is 0 Å². The molecule has 0 aliphatic heterocycles. The van der Waals surface area contributed by atoms with Crippen LogP contribution in [0.3, 0.4) is 0 Å². The molecule has 0 atom stereocenters. The molecule has 0 radical (unpaired) electrons. The molecule has 0 saturated carbocycles. The molecule has 1 N–H and O–H groups in total. The lowest BCUT2D eigenvalue weighted by Crippen LogP contribution is -2.19. The van der Waals surface area contributed by atoms with E-state index >= 15 is 0 Å². The van der Waals surface area contributed by atoms with E-state index in [2.05, 4.69) is 37.6 Å². The summed E-state index contributed by atoms with van der Waals surface area (Å²) in [5.41, 5.74) is 1.30. The Balaban J connectivity index is 3.11. The molecule has 58 valence electrons. The maximum atomic E-state index is 3.84. The number of aromatic nitrogens is 1. The van der Waals surface area contributed by atoms with Crippen molar-refractivity contribution in [3.63, 3.8) is 0 Å². The molecule has 0 unspecified atom stereocenters. The first-order valence-corrected chi connectivity index (χ1v) is 3.67. The summed E-state index contributed by atoms with van der Waals surface area (Å²) in [5.74, 6) is 0. The normalized spacial score (nSPS) is 11.6. The molecule has 11 heavy (non-hydrogen) atoms. The average molecular weight is 147 g/mol. The van der Waals surface area contributed by atoms with Crippen LogP contribution in [0.5, 0.6) is 0 Å². The fourth-order valence-electron chi connectivity index (χ4n) is 0.829. The van der Waals surface area contributed by atoms with E-state index in [0.717, 1.165) is 10.6 Å². The SMILES string of the molecule is C=c1[nH]cc/c1=C/C=C(C)C. The highest BCUT2D eigenvalue weighted by Crippen LogP contribution is 1.86. The smallest absolute Gasteiger partial charge is 0.0380 e. The monoisotopic (exact) mass is 147 g/mol. The molecule has 0 aromatic carbocycles. The van der Waals surface area contributed by atoms with E-state index in [1.165, 1.54) is 5.57 Å². The topological polar surface area (TPSA) is 15.8 Å². The first-order valence-electron chi connectivity index (χ1n) is 3.67. The maximum absolute atomic E-state index is 3.84. The number of rotatable bonds is 1. The van der Waals surface area contributed by atoms with Crippen molar-refractivity contribution in [3.05, 3.63) is 34.5 Å². The minimum Gasteiger partial charge on any atom is -0.362 e. The van der Waals surface area contributed by atoms with Crippen molar-refractivity contribution in [1.29, 1.82) is 0 Å². The first kappa shape index (κ1) is 7.86. The van der Waals surface area contributed by atoms with E-state index in [0.29, 0.717) is 0 Å². The molecule has 0 saturated heterocycles. The van der Waals surface area contributed by atoms with Crippen LogP contribution in [0.15, 0.2) is 23.9 Å². The summed E-state index contributed by atoms with van der Waals surface area (Å²) < 4.78 is 0. The average Bonchev–Trinajstić information content (AvgIpc) is 2.31. The largest absolute Gasteiger partial charge is 0.362 e. The van der Waals surface area contributed by atoms with E-state index in [4.69, 9.17) is 0 Å². The predicted octanol–water partition coefficient (Wildman–Crippen LogP) is 1.17. The minimum atomic E-state index is 0.975. The van der Waals surface area contributed by atoms with E-state index in [1.54, 1.807) is 0 Å². The Bertz CT molecular complexity index is 350. The van der Waals surface area contributed by atoms with Crippen molar-refractivity contribution < 1.29 is 0 Å². The molecule has 1 nitrogen and oxygen atoms in total. The van der Waals surface area contributed by atoms with Gasteiger partial charge in [-0.15, -0.1) is 0 Å². The van der Waals surface area contributed by atoms with Crippen LogP contribution in [0.25, 0.3) is 12.7 Å². The van der Waals surface area contributed by atoms with Gasteiger partial charge in [0.1, 0.15) is 0 Å². The summed E-state index contributed by atoms with van der Waals surface area (Å²) in [7, 11) is 0. The number of hydrogen-bond acceptors (Lipinski definition) is 0. The molecule has 1 aromatic rings. The third-order valence-electron chi connectivity index (χ3n) is 1.47. The summed E-state index contributed by atoms with van der Waals surface area (Å²) in [4.78, 5) is 3.02. The van der Waals surface area contributed by atoms with Crippen molar-refractivity contribution in [2.24, 2.45) is 0 Å². The maximum Gasteiger partial charge on any atom is 0.0380 e. The van der Waals surface area contributed by atoms with Crippen LogP contribution in [0.1, 0.15) is 13.8 Å². The Morgan fingerprint density at radius 1 is 1.55 bits per heavy atom. The highest BCUT2D eigenvalue weighted by molar-refractivity contribution is 5.38. The van der Waals surface area contributed by atoms with Crippen LogP contribution in [0, 0.1) is 0 Å². The van der Waals surface area contributed by atoms with Crippen LogP contribution in [0.4, 0.5) is 0 Å². The summed E-state index contributed by atoms with van der Waals surface area (Å²) in [6, 6.07) is 2.02. The fraction of sp³-hybridized carbons (Fsp3) is 0.200. The Labute approximate surface area is 66.8 Å². The fourth-order valence-corrected chi connectivity index (χ4v) is 0.829. The highest BCUT2D eigenvalue weighted by atomic mass is 14.6. The van der Waals surface area contributed by atoms with Gasteiger partial charge in [-0.25, -0.2) is 0 Å². The number of hydrogen-bond donors (Lipinski definition) is 1. The van der Waals surface area contributed by atoms with E-state index < -0.39 is 0 Å². The van der Waals surface area contributed by atoms with Crippen molar-refractivity contribution in [1.82, 2.24) is 4.98 Å². The highest BCUT2D eigenvalue weighted by Gasteiger charge is 1.79. The Kier molecular flexibility index (Phi) is 2.32. The molecule has 1 heteroatoms. The van der Waals surface area contributed by atoms with Gasteiger partial charge in [0, 0.05) is 11.5 Å². The van der Waals surface area contributed by atoms with E-state index in [-0.39, 0.29) is 0 Å². The first-order chi connectivity index (χ1) is 5.20. The quantitative estimate of drug-likeness (QED) is 0.613. The van der Waals surface area contributed by atoms with Crippen LogP contribution >= 0.6 is 0 Å². The van der Waals surface area contributed by atoms with Crippen molar-refractivity contribution >= 4 is 12.7 Å². The molecular weight excluding hydrogens is 134 g/mol. The van der Waals surface area contributed by atoms with E-state index in [9.17, 15) is 0 Å². The molecule has 0 aliphatic carbocycles. The van der Waals surface area contributed by atoms with Gasteiger partial charge in [-0.1, -0.05) is 24.3 Å². The van der Waals surface area contributed by atoms with Gasteiger partial charge in [-0.3, -0.25) is 0 Å². The molecule has 0 fully saturated rings. The molecule has 0 aliphatic rings. The van der Waals surface area contributed by atoms with Crippen molar-refractivity contribution in [3.8, 4) is 0 Å². The molecule has 1 aromatic heterocycles. The lowest BCUT2D eigenvalue weighted by molar-refractivity contribution is 1.33. The van der Waals surface area contributed by atoms with Crippen LogP contribution < -0.4 is 10.6 Å². The zero-order valence-electron chi connectivity index (χ0n) is 7.02. The molecule has 1 heterocycles. The third-order valence-corrected chi connectivity index (χ3v) is 1.47. The summed E-state index contributed by atoms with van der Waals surface area (Å²) in [5, 5.41) is 2.13. The Morgan fingerprint density at radius 3 is 2.73 bits per heavy atom. The van der Waals surface area contributed by atoms with Gasteiger partial charge in [0.15, 0.2) is 0 Å². The molecule has 0 spiro atoms. The standard InChI is InChI=1S/C10H13N/c1-8(2)4-5-10-6-7-11-9(10)3/h4-7,11H,3H2,1-2H3/b10-5-. The number of allylic oxidation sites excluding steroid dienone is 2. The van der Waals surface area contributed by atoms with Crippen molar-refractivity contribution in [2.75, 3.05) is 0 Å². The van der Waals surface area contributed by atoms with Gasteiger partial charge in [0.05, 0.1) is 0 Å². The van der Waals surface area contributed by atoms with Crippen LogP contribution in [-0.4, -0.2) is 4.98 Å². The molecular formula is C10H13N. The van der Waals surface area contributed by atoms with E-state index in [1.807, 2.05) is 12.3 Å². The van der Waals surface area contributed by atoms with Gasteiger partial charge in [-0.05, 0) is 25.1 Å². The van der Waals surface area contributed by atoms with Gasteiger partial charge < -0.3 is 4.98 Å². The zero-order chi connectivity index (χ0) is 8.27. The van der Waals surface area contributed by atoms with Crippen LogP contribution in [0.2, 0.25) is 0 Å². The molecule has 0 bridgehead atoms. The number of aromatic amines is 1. The zero-order valence-corrected chi connectivity index (χ0v) is 7.02. The number of nitrogens with one attached hydrogen (secondary N) is 1. The summed E-state index contributed by atoms with van der Waals surface area (Å²) >= 11 is 0. The second-order valence-electron chi connectivity index (χ2n) is 2.82. The molecule has 0 amide bonds. The van der Waals surface area contributed by atoms with Crippen molar-refractivity contribution in [2.45, 2.75) is 13.8 Å². The second-order valence-corrected chi connectivity index (χ2v) is 2.82. The molecule has 1 rings (SSSR count). The number of H-pyrrole nitrogens is 1. The Hall–Kier alpha value is -1.24. The van der Waals surface area contributed by atoms with Crippen LogP contribution in [-0.2, 0) is 0 Å². The third kappa shape index (κ3) is 2.11. The minimum absolute atomic E-state index is 0.975. The van der Waals surface area contributed by atoms with Gasteiger partial charge in [0.25, 0.3) is 0 Å². The second kappa shape index (κ2) is 3.24.